The molecule has 0 aromatic rings. The van der Waals surface area contributed by atoms with E-state index in [1.807, 2.05) is 0 Å². The molecule has 0 rings (SSSR count). The number of hydrogen-bond acceptors (Lipinski definition) is 15. The van der Waals surface area contributed by atoms with E-state index in [1.165, 1.54) is 116 Å². The second kappa shape index (κ2) is 60.1. The molecule has 0 bridgehead atoms. The topological polar surface area (TPSA) is 237 Å². The Morgan fingerprint density at radius 3 is 0.953 bits per heavy atom. The summed E-state index contributed by atoms with van der Waals surface area (Å²) in [7, 11) is -9.90. The zero-order valence-electron chi connectivity index (χ0n) is 54.9. The molecule has 5 atom stereocenters. The number of aliphatic hydroxyl groups is 1. The number of allylic oxidation sites excluding steroid dienone is 4. The van der Waals surface area contributed by atoms with Crippen molar-refractivity contribution in [3.8, 4) is 0 Å². The first-order valence-electron chi connectivity index (χ1n) is 34.5. The lowest BCUT2D eigenvalue weighted by atomic mass is 10.0. The Morgan fingerprint density at radius 2 is 0.628 bits per heavy atom. The summed E-state index contributed by atoms with van der Waals surface area (Å²) in [6.07, 6.45) is 48.1. The van der Waals surface area contributed by atoms with Gasteiger partial charge in [-0.3, -0.25) is 37.3 Å². The largest absolute Gasteiger partial charge is 0.472 e. The first kappa shape index (κ1) is 83.5. The maximum absolute atomic E-state index is 13.0. The number of carbonyl (C=O) groups is 4. The Balaban J connectivity index is 5.25. The van der Waals surface area contributed by atoms with Gasteiger partial charge < -0.3 is 33.8 Å². The monoisotopic (exact) mass is 1260 g/mol. The second-order valence-corrected chi connectivity index (χ2v) is 26.9. The minimum Gasteiger partial charge on any atom is -0.462 e. The van der Waals surface area contributed by atoms with E-state index in [9.17, 15) is 43.2 Å². The number of phosphoric acid groups is 2. The van der Waals surface area contributed by atoms with Gasteiger partial charge in [-0.2, -0.15) is 0 Å². The smallest absolute Gasteiger partial charge is 0.462 e. The SMILES string of the molecule is CCCCCC/C=C\C=C/CCCCCCCC(=O)O[C@H](COC(=O)CCCCCCCCCCCCCC(C)C)COP(=O)(O)OC[C@@H](O)COP(=O)(O)OC[C@@H](COC(=O)CCCCCCCCC)OC(=O)CCCCCCCCCCCC. The van der Waals surface area contributed by atoms with Crippen molar-refractivity contribution >= 4 is 39.5 Å². The molecule has 506 valence electrons. The molecule has 0 fully saturated rings. The van der Waals surface area contributed by atoms with E-state index in [-0.39, 0.29) is 25.7 Å². The number of ether oxygens (including phenoxy) is 4. The van der Waals surface area contributed by atoms with Gasteiger partial charge in [0.2, 0.25) is 0 Å². The van der Waals surface area contributed by atoms with Crippen LogP contribution >= 0.6 is 15.6 Å². The minimum atomic E-state index is -4.96. The van der Waals surface area contributed by atoms with E-state index in [0.29, 0.717) is 25.7 Å². The number of phosphoric ester groups is 2. The van der Waals surface area contributed by atoms with Gasteiger partial charge in [-0.25, -0.2) is 9.13 Å². The normalized spacial score (nSPS) is 14.3. The fraction of sp³-hybridized carbons (Fsp3) is 0.881. The van der Waals surface area contributed by atoms with Crippen molar-refractivity contribution in [1.82, 2.24) is 0 Å². The van der Waals surface area contributed by atoms with Crippen molar-refractivity contribution in [1.29, 1.82) is 0 Å². The number of esters is 4. The Hall–Kier alpha value is -2.46. The molecule has 19 heteroatoms. The van der Waals surface area contributed by atoms with Crippen LogP contribution in [0.2, 0.25) is 0 Å². The molecule has 0 saturated carbocycles. The lowest BCUT2D eigenvalue weighted by Gasteiger charge is -2.21. The van der Waals surface area contributed by atoms with Crippen LogP contribution in [0.25, 0.3) is 0 Å². The highest BCUT2D eigenvalue weighted by atomic mass is 31.2. The van der Waals surface area contributed by atoms with Gasteiger partial charge in [-0.15, -0.1) is 0 Å². The molecule has 2 unspecified atom stereocenters. The third-order valence-electron chi connectivity index (χ3n) is 14.9. The van der Waals surface area contributed by atoms with Gasteiger partial charge in [0, 0.05) is 25.7 Å². The molecule has 0 amide bonds. The van der Waals surface area contributed by atoms with Gasteiger partial charge in [-0.05, 0) is 57.3 Å². The van der Waals surface area contributed by atoms with Gasteiger partial charge >= 0.3 is 39.5 Å². The van der Waals surface area contributed by atoms with Gasteiger partial charge in [0.05, 0.1) is 26.4 Å². The predicted molar refractivity (Wildman–Crippen MR) is 344 cm³/mol. The van der Waals surface area contributed by atoms with Crippen LogP contribution in [0, 0.1) is 5.92 Å². The quantitative estimate of drug-likeness (QED) is 0.0169. The van der Waals surface area contributed by atoms with E-state index < -0.39 is 97.5 Å². The maximum Gasteiger partial charge on any atom is 0.472 e. The van der Waals surface area contributed by atoms with Crippen molar-refractivity contribution < 1.29 is 80.2 Å². The third kappa shape index (κ3) is 60.5. The molecule has 0 radical (unpaired) electrons. The second-order valence-electron chi connectivity index (χ2n) is 24.0. The molecule has 0 aliphatic heterocycles. The van der Waals surface area contributed by atoms with Crippen LogP contribution in [0.15, 0.2) is 24.3 Å². The first-order chi connectivity index (χ1) is 41.5. The summed E-state index contributed by atoms with van der Waals surface area (Å²) < 4.78 is 68.0. The molecular formula is C67H126O17P2. The maximum atomic E-state index is 13.0. The van der Waals surface area contributed by atoms with Crippen molar-refractivity contribution in [3.63, 3.8) is 0 Å². The minimum absolute atomic E-state index is 0.0850. The molecule has 0 aliphatic carbocycles. The number of hydrogen-bond donors (Lipinski definition) is 3. The predicted octanol–water partition coefficient (Wildman–Crippen LogP) is 18.5. The van der Waals surface area contributed by atoms with Crippen LogP contribution in [-0.2, 0) is 65.4 Å². The zero-order chi connectivity index (χ0) is 63.5. The lowest BCUT2D eigenvalue weighted by molar-refractivity contribution is -0.161. The summed E-state index contributed by atoms with van der Waals surface area (Å²) in [6, 6.07) is 0. The molecule has 17 nitrogen and oxygen atoms in total. The molecule has 0 spiro atoms. The Bertz CT molecular complexity index is 1760. The van der Waals surface area contributed by atoms with Gasteiger partial charge in [0.1, 0.15) is 19.3 Å². The van der Waals surface area contributed by atoms with E-state index in [4.69, 9.17) is 37.0 Å². The molecule has 3 N–H and O–H groups in total. The van der Waals surface area contributed by atoms with Crippen molar-refractivity contribution in [2.24, 2.45) is 5.92 Å². The average Bonchev–Trinajstić information content (AvgIpc) is 3.59. The Labute approximate surface area is 522 Å². The van der Waals surface area contributed by atoms with Gasteiger partial charge in [-0.1, -0.05) is 264 Å². The van der Waals surface area contributed by atoms with E-state index >= 15 is 0 Å². The molecule has 0 aliphatic rings. The summed E-state index contributed by atoms with van der Waals surface area (Å²) >= 11 is 0. The fourth-order valence-corrected chi connectivity index (χ4v) is 11.2. The van der Waals surface area contributed by atoms with Gasteiger partial charge in [0.25, 0.3) is 0 Å². The molecule has 0 aromatic carbocycles. The highest BCUT2D eigenvalue weighted by molar-refractivity contribution is 7.47. The fourth-order valence-electron chi connectivity index (χ4n) is 9.57. The van der Waals surface area contributed by atoms with Crippen LogP contribution in [0.4, 0.5) is 0 Å². The highest BCUT2D eigenvalue weighted by Gasteiger charge is 2.30. The number of aliphatic hydroxyl groups excluding tert-OH is 1. The molecular weight excluding hydrogens is 1140 g/mol. The van der Waals surface area contributed by atoms with Crippen molar-refractivity contribution in [2.75, 3.05) is 39.6 Å². The molecule has 0 saturated heterocycles. The molecule has 86 heavy (non-hydrogen) atoms. The Kier molecular flexibility index (Phi) is 58.4. The number of unbranched alkanes of at least 4 members (excludes halogenated alkanes) is 34. The van der Waals surface area contributed by atoms with Crippen LogP contribution in [0.1, 0.15) is 317 Å². The molecule has 0 aromatic heterocycles. The van der Waals surface area contributed by atoms with Crippen LogP contribution in [0.5, 0.6) is 0 Å². The summed E-state index contributed by atoms with van der Waals surface area (Å²) in [4.78, 5) is 72.2. The summed E-state index contributed by atoms with van der Waals surface area (Å²) in [5, 5.41) is 10.5. The standard InChI is InChI=1S/C67H126O17P2/c1-6-9-12-15-18-20-22-23-24-25-28-33-38-43-48-53-67(72)84-63(57-78-65(70)51-46-41-36-32-29-26-27-30-35-39-44-49-60(4)5)59-82-86(75,76)80-55-61(68)54-79-85(73,74)81-58-62(56-77-64(69)50-45-40-34-17-14-11-8-3)83-66(71)52-47-42-37-31-21-19-16-13-10-7-2/h20,22-24,60-63,68H,6-19,21,25-59H2,1-5H3,(H,73,74)(H,75,76)/b22-20-,24-23-/t61-,62+,63+/m0/s1. The van der Waals surface area contributed by atoms with Crippen LogP contribution in [-0.4, -0.2) is 96.7 Å². The zero-order valence-corrected chi connectivity index (χ0v) is 56.7. The van der Waals surface area contributed by atoms with Crippen LogP contribution in [0.3, 0.4) is 0 Å². The average molecular weight is 1270 g/mol. The summed E-state index contributed by atoms with van der Waals surface area (Å²) in [5.74, 6) is -1.39. The van der Waals surface area contributed by atoms with E-state index in [1.54, 1.807) is 0 Å². The Morgan fingerprint density at radius 1 is 0.360 bits per heavy atom. The summed E-state index contributed by atoms with van der Waals surface area (Å²) in [5.41, 5.74) is 0. The number of carbonyl (C=O) groups excluding carboxylic acids is 4. The molecule has 0 heterocycles. The van der Waals surface area contributed by atoms with E-state index in [2.05, 4.69) is 58.9 Å². The first-order valence-corrected chi connectivity index (χ1v) is 37.4. The van der Waals surface area contributed by atoms with Crippen molar-refractivity contribution in [2.45, 2.75) is 335 Å². The van der Waals surface area contributed by atoms with Gasteiger partial charge in [0.15, 0.2) is 12.2 Å². The van der Waals surface area contributed by atoms with Crippen LogP contribution < -0.4 is 0 Å². The lowest BCUT2D eigenvalue weighted by Crippen LogP contribution is -2.30. The third-order valence-corrected chi connectivity index (χ3v) is 16.8. The van der Waals surface area contributed by atoms with E-state index in [0.717, 1.165) is 121 Å². The highest BCUT2D eigenvalue weighted by Crippen LogP contribution is 2.45. The summed E-state index contributed by atoms with van der Waals surface area (Å²) in [6.45, 7) is 7.11. The number of rotatable bonds is 65. The van der Waals surface area contributed by atoms with Crippen molar-refractivity contribution in [3.05, 3.63) is 24.3 Å².